The van der Waals surface area contributed by atoms with Gasteiger partial charge in [-0.15, -0.1) is 0 Å². The molecule has 1 amide bonds. The SMILES string of the molecule is Cc1ccc(NS(C)(=O)=O)c(C(=O)NC(CF)C(=O)O)c1. The van der Waals surface area contributed by atoms with Crippen molar-refractivity contribution in [1.29, 1.82) is 0 Å². The number of hydrogen-bond acceptors (Lipinski definition) is 4. The summed E-state index contributed by atoms with van der Waals surface area (Å²) < 4.78 is 37.2. The molecule has 21 heavy (non-hydrogen) atoms. The third-order valence-corrected chi connectivity index (χ3v) is 3.06. The molecule has 0 radical (unpaired) electrons. The summed E-state index contributed by atoms with van der Waals surface area (Å²) in [6.07, 6.45) is 0.913. The quantitative estimate of drug-likeness (QED) is 0.708. The highest BCUT2D eigenvalue weighted by Crippen LogP contribution is 2.18. The number of amides is 1. The summed E-state index contributed by atoms with van der Waals surface area (Å²) in [6, 6.07) is 2.63. The Morgan fingerprint density at radius 2 is 2.00 bits per heavy atom. The Kier molecular flexibility index (Phi) is 5.25. The smallest absolute Gasteiger partial charge is 0.328 e. The number of hydrogen-bond donors (Lipinski definition) is 3. The minimum absolute atomic E-state index is 0.0106. The van der Waals surface area contributed by atoms with E-state index in [1.807, 2.05) is 5.32 Å². The van der Waals surface area contributed by atoms with E-state index in [1.54, 1.807) is 13.0 Å². The number of nitrogens with one attached hydrogen (secondary N) is 2. The number of benzene rings is 1. The van der Waals surface area contributed by atoms with Crippen molar-refractivity contribution < 1.29 is 27.5 Å². The van der Waals surface area contributed by atoms with Crippen molar-refractivity contribution in [2.75, 3.05) is 17.7 Å². The first-order valence-electron chi connectivity index (χ1n) is 5.82. The highest BCUT2D eigenvalue weighted by Gasteiger charge is 2.22. The number of carbonyl (C=O) groups is 2. The van der Waals surface area contributed by atoms with E-state index in [1.165, 1.54) is 12.1 Å². The van der Waals surface area contributed by atoms with Gasteiger partial charge in [0.2, 0.25) is 10.0 Å². The van der Waals surface area contributed by atoms with Gasteiger partial charge in [0.15, 0.2) is 6.04 Å². The predicted octanol–water partition coefficient (Wildman–Crippen LogP) is 0.519. The number of halogens is 1. The Balaban J connectivity index is 3.13. The standard InChI is InChI=1S/C12H15FN2O5S/c1-7-3-4-9(15-21(2,19)20)8(5-7)11(16)14-10(6-13)12(17)18/h3-5,10,15H,6H2,1-2H3,(H,14,16)(H,17,18). The third-order valence-electron chi connectivity index (χ3n) is 2.47. The first-order chi connectivity index (χ1) is 9.64. The predicted molar refractivity (Wildman–Crippen MR) is 74.5 cm³/mol. The molecule has 7 nitrogen and oxygen atoms in total. The molecule has 1 atom stereocenters. The van der Waals surface area contributed by atoms with Crippen LogP contribution in [0.15, 0.2) is 18.2 Å². The Bertz CT molecular complexity index is 660. The number of sulfonamides is 1. The number of anilines is 1. The van der Waals surface area contributed by atoms with Crippen LogP contribution in [0, 0.1) is 6.92 Å². The molecule has 3 N–H and O–H groups in total. The lowest BCUT2D eigenvalue weighted by Gasteiger charge is -2.14. The Hall–Kier alpha value is -2.16. The molecule has 9 heteroatoms. The molecule has 116 valence electrons. The molecular formula is C12H15FN2O5S. The Morgan fingerprint density at radius 1 is 1.38 bits per heavy atom. The number of carboxylic acids is 1. The maximum atomic E-state index is 12.5. The van der Waals surface area contributed by atoms with Crippen LogP contribution < -0.4 is 10.0 Å². The van der Waals surface area contributed by atoms with Gasteiger partial charge in [-0.25, -0.2) is 17.6 Å². The second-order valence-corrected chi connectivity index (χ2v) is 6.19. The second kappa shape index (κ2) is 6.53. The molecule has 1 aromatic carbocycles. The summed E-state index contributed by atoms with van der Waals surface area (Å²) in [5, 5.41) is 10.7. The van der Waals surface area contributed by atoms with Gasteiger partial charge < -0.3 is 10.4 Å². The van der Waals surface area contributed by atoms with Gasteiger partial charge in [0.05, 0.1) is 17.5 Å². The van der Waals surface area contributed by atoms with E-state index in [0.717, 1.165) is 6.26 Å². The van der Waals surface area contributed by atoms with E-state index >= 15 is 0 Å². The average Bonchev–Trinajstić information content (AvgIpc) is 2.35. The van der Waals surface area contributed by atoms with Gasteiger partial charge in [-0.05, 0) is 19.1 Å². The van der Waals surface area contributed by atoms with Crippen LogP contribution in [0.3, 0.4) is 0 Å². The highest BCUT2D eigenvalue weighted by atomic mass is 32.2. The molecule has 0 saturated heterocycles. The molecular weight excluding hydrogens is 303 g/mol. The molecule has 0 spiro atoms. The van der Waals surface area contributed by atoms with Gasteiger partial charge in [0.1, 0.15) is 6.67 Å². The number of aliphatic carboxylic acids is 1. The van der Waals surface area contributed by atoms with Crippen molar-refractivity contribution in [1.82, 2.24) is 5.32 Å². The Morgan fingerprint density at radius 3 is 2.48 bits per heavy atom. The summed E-state index contributed by atoms with van der Waals surface area (Å²) in [5.74, 6) is -2.40. The van der Waals surface area contributed by atoms with E-state index in [4.69, 9.17) is 5.11 Å². The van der Waals surface area contributed by atoms with Crippen molar-refractivity contribution in [2.45, 2.75) is 13.0 Å². The largest absolute Gasteiger partial charge is 0.480 e. The zero-order chi connectivity index (χ0) is 16.2. The van der Waals surface area contributed by atoms with Gasteiger partial charge >= 0.3 is 5.97 Å². The number of rotatable bonds is 6. The van der Waals surface area contributed by atoms with Crippen molar-refractivity contribution in [3.05, 3.63) is 29.3 Å². The molecule has 0 aliphatic carbocycles. The Labute approximate surface area is 121 Å². The molecule has 0 aliphatic heterocycles. The third kappa shape index (κ3) is 5.03. The van der Waals surface area contributed by atoms with E-state index in [2.05, 4.69) is 4.72 Å². The van der Waals surface area contributed by atoms with Crippen molar-refractivity contribution in [3.63, 3.8) is 0 Å². The van der Waals surface area contributed by atoms with Crippen LogP contribution in [-0.2, 0) is 14.8 Å². The van der Waals surface area contributed by atoms with E-state index in [0.29, 0.717) is 5.56 Å². The average molecular weight is 318 g/mol. The van der Waals surface area contributed by atoms with Crippen LogP contribution in [0.25, 0.3) is 0 Å². The fraction of sp³-hybridized carbons (Fsp3) is 0.333. The minimum Gasteiger partial charge on any atom is -0.480 e. The fourth-order valence-corrected chi connectivity index (χ4v) is 2.11. The summed E-state index contributed by atoms with van der Waals surface area (Å²) >= 11 is 0. The monoisotopic (exact) mass is 318 g/mol. The first kappa shape index (κ1) is 16.9. The molecule has 1 aromatic rings. The van der Waals surface area contributed by atoms with E-state index in [-0.39, 0.29) is 11.3 Å². The van der Waals surface area contributed by atoms with Crippen LogP contribution in [0.4, 0.5) is 10.1 Å². The molecule has 0 fully saturated rings. The topological polar surface area (TPSA) is 113 Å². The molecule has 0 bridgehead atoms. The van der Waals surface area contributed by atoms with Gasteiger partial charge in [-0.1, -0.05) is 11.6 Å². The number of carboxylic acid groups (broad SMARTS) is 1. The van der Waals surface area contributed by atoms with Gasteiger partial charge in [-0.2, -0.15) is 0 Å². The molecule has 0 aliphatic rings. The second-order valence-electron chi connectivity index (χ2n) is 4.44. The zero-order valence-electron chi connectivity index (χ0n) is 11.4. The van der Waals surface area contributed by atoms with Gasteiger partial charge in [-0.3, -0.25) is 9.52 Å². The summed E-state index contributed by atoms with van der Waals surface area (Å²) in [4.78, 5) is 22.7. The lowest BCUT2D eigenvalue weighted by molar-refractivity contribution is -0.139. The number of alkyl halides is 1. The van der Waals surface area contributed by atoms with E-state index < -0.39 is 34.6 Å². The van der Waals surface area contributed by atoms with E-state index in [9.17, 15) is 22.4 Å². The minimum atomic E-state index is -3.62. The lowest BCUT2D eigenvalue weighted by Crippen LogP contribution is -2.42. The zero-order valence-corrected chi connectivity index (χ0v) is 12.2. The van der Waals surface area contributed by atoms with Crippen LogP contribution in [0.5, 0.6) is 0 Å². The maximum absolute atomic E-state index is 12.5. The highest BCUT2D eigenvalue weighted by molar-refractivity contribution is 7.92. The fourth-order valence-electron chi connectivity index (χ4n) is 1.54. The lowest BCUT2D eigenvalue weighted by atomic mass is 10.1. The van der Waals surface area contributed by atoms with Gasteiger partial charge in [0.25, 0.3) is 5.91 Å². The molecule has 0 saturated carbocycles. The maximum Gasteiger partial charge on any atom is 0.328 e. The van der Waals surface area contributed by atoms with Crippen LogP contribution in [0.1, 0.15) is 15.9 Å². The van der Waals surface area contributed by atoms with Crippen molar-refractivity contribution in [2.24, 2.45) is 0 Å². The first-order valence-corrected chi connectivity index (χ1v) is 7.71. The molecule has 1 unspecified atom stereocenters. The summed E-state index contributed by atoms with van der Waals surface area (Å²) in [7, 11) is -3.62. The summed E-state index contributed by atoms with van der Waals surface area (Å²) in [6.45, 7) is 0.395. The van der Waals surface area contributed by atoms with Crippen molar-refractivity contribution in [3.8, 4) is 0 Å². The van der Waals surface area contributed by atoms with Crippen LogP contribution in [-0.4, -0.2) is 44.4 Å². The number of aryl methyl sites for hydroxylation is 1. The van der Waals surface area contributed by atoms with Crippen LogP contribution in [0.2, 0.25) is 0 Å². The molecule has 1 rings (SSSR count). The molecule has 0 aromatic heterocycles. The normalized spacial score (nSPS) is 12.5. The van der Waals surface area contributed by atoms with Gasteiger partial charge in [0, 0.05) is 0 Å². The number of carbonyl (C=O) groups excluding carboxylic acids is 1. The van der Waals surface area contributed by atoms with Crippen molar-refractivity contribution >= 4 is 27.6 Å². The molecule has 0 heterocycles. The van der Waals surface area contributed by atoms with Crippen LogP contribution >= 0.6 is 0 Å². The summed E-state index contributed by atoms with van der Waals surface area (Å²) in [5.41, 5.74) is 0.565.